The first kappa shape index (κ1) is 22.7. The molecule has 1 saturated heterocycles. The number of morpholine rings is 1. The van der Waals surface area contributed by atoms with E-state index < -0.39 is 0 Å². The van der Waals surface area contributed by atoms with Crippen LogP contribution in [0, 0.1) is 5.82 Å². The maximum Gasteiger partial charge on any atom is 0.163 e. The summed E-state index contributed by atoms with van der Waals surface area (Å²) in [6.07, 6.45) is 9.79. The van der Waals surface area contributed by atoms with E-state index in [1.165, 1.54) is 17.7 Å². The number of pyridine rings is 2. The zero-order valence-corrected chi connectivity index (χ0v) is 21.5. The van der Waals surface area contributed by atoms with Gasteiger partial charge in [-0.2, -0.15) is 0 Å². The lowest BCUT2D eigenvalue weighted by Crippen LogP contribution is -2.46. The summed E-state index contributed by atoms with van der Waals surface area (Å²) >= 11 is 6.41. The topological polar surface area (TPSA) is 91.8 Å². The van der Waals surface area contributed by atoms with Gasteiger partial charge < -0.3 is 19.9 Å². The zero-order valence-electron chi connectivity index (χ0n) is 20.8. The molecule has 5 aromatic rings. The van der Waals surface area contributed by atoms with E-state index in [2.05, 4.69) is 25.2 Å². The molecule has 4 aromatic heterocycles. The predicted octanol–water partition coefficient (Wildman–Crippen LogP) is 5.55. The molecule has 8 nitrogen and oxygen atoms in total. The molecule has 1 aliphatic carbocycles. The smallest absolute Gasteiger partial charge is 0.163 e. The van der Waals surface area contributed by atoms with Crippen molar-refractivity contribution in [2.45, 2.75) is 24.8 Å². The van der Waals surface area contributed by atoms with Crippen LogP contribution in [0.4, 0.5) is 10.2 Å². The van der Waals surface area contributed by atoms with Crippen LogP contribution in [0.2, 0.25) is 5.02 Å². The number of aromatic nitrogens is 5. The number of nitrogens with one attached hydrogen (secondary N) is 2. The lowest BCUT2D eigenvalue weighted by molar-refractivity contribution is 0.174. The third-order valence-electron chi connectivity index (χ3n) is 7.76. The Balaban J connectivity index is 1.34. The van der Waals surface area contributed by atoms with Crippen LogP contribution in [0.1, 0.15) is 24.3 Å². The Morgan fingerprint density at radius 3 is 2.90 bits per heavy atom. The fraction of sp³-hybridized carbons (Fsp3) is 0.241. The minimum Gasteiger partial charge on any atom is -0.492 e. The van der Waals surface area contributed by atoms with Crippen molar-refractivity contribution in [1.29, 1.82) is 0 Å². The Hall–Kier alpha value is -4.24. The van der Waals surface area contributed by atoms with Crippen LogP contribution >= 0.6 is 11.6 Å². The highest BCUT2D eigenvalue weighted by Crippen LogP contribution is 2.46. The van der Waals surface area contributed by atoms with Crippen LogP contribution in [0.5, 0.6) is 0 Å². The summed E-state index contributed by atoms with van der Waals surface area (Å²) in [7, 11) is 0. The molecule has 1 saturated carbocycles. The molecule has 2 fully saturated rings. The van der Waals surface area contributed by atoms with Crippen LogP contribution in [0.3, 0.4) is 0 Å². The van der Waals surface area contributed by atoms with Gasteiger partial charge in [-0.15, -0.1) is 0 Å². The normalized spacial score (nSPS) is 18.7. The predicted molar refractivity (Wildman–Crippen MR) is 148 cm³/mol. The van der Waals surface area contributed by atoms with E-state index >= 15 is 0 Å². The first-order valence-corrected chi connectivity index (χ1v) is 13.4. The molecule has 8 rings (SSSR count). The molecule has 6 heterocycles. The minimum absolute atomic E-state index is 0.0661. The quantitative estimate of drug-likeness (QED) is 0.309. The van der Waals surface area contributed by atoms with Crippen molar-refractivity contribution in [2.24, 2.45) is 0 Å². The molecule has 2 N–H and O–H groups in total. The van der Waals surface area contributed by atoms with Gasteiger partial charge in [-0.05, 0) is 54.7 Å². The van der Waals surface area contributed by atoms with E-state index in [1.54, 1.807) is 12.3 Å². The second-order valence-electron chi connectivity index (χ2n) is 10.2. The standard InChI is InChI=1S/C29H23ClFN7O/c30-21-4-3-16(31)9-19(21)22-10-18-17(5-6-34-27(18)35-22)28-36-23-12-32-11-20(15-1-2-15)26(23)29(37-28)38-7-8-39-25-14-33-13-24(25)38/h3-6,9-12,14-15,24,33H,1-2,7-8,13H2,(H,34,35). The van der Waals surface area contributed by atoms with E-state index in [0.717, 1.165) is 59.4 Å². The molecule has 1 aromatic carbocycles. The summed E-state index contributed by atoms with van der Waals surface area (Å²) in [6, 6.07) is 8.23. The van der Waals surface area contributed by atoms with E-state index in [1.807, 2.05) is 30.7 Å². The van der Waals surface area contributed by atoms with Crippen molar-refractivity contribution in [3.63, 3.8) is 0 Å². The van der Waals surface area contributed by atoms with Gasteiger partial charge in [-0.1, -0.05) is 11.6 Å². The van der Waals surface area contributed by atoms with Crippen molar-refractivity contribution >= 4 is 39.4 Å². The maximum atomic E-state index is 14.1. The summed E-state index contributed by atoms with van der Waals surface area (Å²) in [5.74, 6) is 2.55. The van der Waals surface area contributed by atoms with Crippen molar-refractivity contribution in [1.82, 2.24) is 30.2 Å². The number of nitrogens with zero attached hydrogens (tertiary/aromatic N) is 5. The highest BCUT2D eigenvalue weighted by Gasteiger charge is 2.35. The maximum absolute atomic E-state index is 14.1. The summed E-state index contributed by atoms with van der Waals surface area (Å²) in [4.78, 5) is 25.0. The lowest BCUT2D eigenvalue weighted by atomic mass is 10.0. The minimum atomic E-state index is -0.358. The summed E-state index contributed by atoms with van der Waals surface area (Å²) in [6.45, 7) is 2.07. The largest absolute Gasteiger partial charge is 0.492 e. The van der Waals surface area contributed by atoms with Gasteiger partial charge in [0.25, 0.3) is 0 Å². The Morgan fingerprint density at radius 1 is 1.08 bits per heavy atom. The molecule has 0 amide bonds. The molecule has 1 atom stereocenters. The summed E-state index contributed by atoms with van der Waals surface area (Å²) < 4.78 is 20.0. The Bertz CT molecular complexity index is 1820. The zero-order chi connectivity index (χ0) is 26.1. The fourth-order valence-electron chi connectivity index (χ4n) is 5.73. The number of H-pyrrole nitrogens is 1. The Morgan fingerprint density at radius 2 is 2.00 bits per heavy atom. The van der Waals surface area contributed by atoms with Crippen LogP contribution in [0.25, 0.3) is 44.6 Å². The number of anilines is 1. The Labute approximate surface area is 227 Å². The van der Waals surface area contributed by atoms with E-state index in [0.29, 0.717) is 40.3 Å². The number of hydrogen-bond acceptors (Lipinski definition) is 7. The van der Waals surface area contributed by atoms with Crippen LogP contribution in [-0.2, 0) is 4.74 Å². The second-order valence-corrected chi connectivity index (χ2v) is 10.6. The molecular formula is C29H23ClFN7O. The van der Waals surface area contributed by atoms with Crippen molar-refractivity contribution in [3.05, 3.63) is 77.3 Å². The molecule has 2 aliphatic heterocycles. The van der Waals surface area contributed by atoms with Gasteiger partial charge in [-0.25, -0.2) is 19.3 Å². The number of fused-ring (bicyclic) bond motifs is 3. The van der Waals surface area contributed by atoms with Gasteiger partial charge in [0.2, 0.25) is 0 Å². The third kappa shape index (κ3) is 3.71. The lowest BCUT2D eigenvalue weighted by Gasteiger charge is -2.36. The van der Waals surface area contributed by atoms with E-state index in [9.17, 15) is 4.39 Å². The first-order chi connectivity index (χ1) is 19.1. The SMILES string of the molecule is Fc1ccc(Cl)c(-c2cc3c(-c4nc(N5CCOC6=CNCC65)c5c(C6CC6)cncc5n4)ccnc3[nH]2)c1. The molecule has 1 unspecified atom stereocenters. The molecule has 0 spiro atoms. The summed E-state index contributed by atoms with van der Waals surface area (Å²) in [5, 5.41) is 5.67. The van der Waals surface area contributed by atoms with Crippen LogP contribution < -0.4 is 10.2 Å². The molecule has 39 heavy (non-hydrogen) atoms. The third-order valence-corrected chi connectivity index (χ3v) is 8.09. The number of halogens is 2. The Kier molecular flexibility index (Phi) is 5.03. The average Bonchev–Trinajstić information content (AvgIpc) is 3.52. The highest BCUT2D eigenvalue weighted by molar-refractivity contribution is 6.33. The van der Waals surface area contributed by atoms with Gasteiger partial charge >= 0.3 is 0 Å². The van der Waals surface area contributed by atoms with Gasteiger partial charge in [0.15, 0.2) is 5.82 Å². The van der Waals surface area contributed by atoms with E-state index in [4.69, 9.17) is 26.3 Å². The number of rotatable bonds is 4. The molecule has 3 aliphatic rings. The first-order valence-electron chi connectivity index (χ1n) is 13.1. The molecule has 0 bridgehead atoms. The molecule has 0 radical (unpaired) electrons. The van der Waals surface area contributed by atoms with Crippen molar-refractivity contribution in [3.8, 4) is 22.6 Å². The number of hydrogen-bond donors (Lipinski definition) is 2. The van der Waals surface area contributed by atoms with Gasteiger partial charge in [-0.3, -0.25) is 4.98 Å². The monoisotopic (exact) mass is 539 g/mol. The number of ether oxygens (including phenoxy) is 1. The molecule has 10 heteroatoms. The molecule has 194 valence electrons. The average molecular weight is 540 g/mol. The molecular weight excluding hydrogens is 517 g/mol. The highest BCUT2D eigenvalue weighted by atomic mass is 35.5. The van der Waals surface area contributed by atoms with E-state index in [-0.39, 0.29) is 11.9 Å². The van der Waals surface area contributed by atoms with Crippen molar-refractivity contribution < 1.29 is 9.13 Å². The van der Waals surface area contributed by atoms with Gasteiger partial charge in [0.05, 0.1) is 23.3 Å². The number of aromatic amines is 1. The van der Waals surface area contributed by atoms with Crippen LogP contribution in [-0.4, -0.2) is 50.7 Å². The number of benzene rings is 1. The summed E-state index contributed by atoms with van der Waals surface area (Å²) in [5.41, 5.74) is 4.74. The fourth-order valence-corrected chi connectivity index (χ4v) is 5.95. The van der Waals surface area contributed by atoms with Crippen LogP contribution in [0.15, 0.2) is 60.9 Å². The van der Waals surface area contributed by atoms with Gasteiger partial charge in [0.1, 0.15) is 35.7 Å². The van der Waals surface area contributed by atoms with Gasteiger partial charge in [0, 0.05) is 52.7 Å². The second kappa shape index (κ2) is 8.64. The van der Waals surface area contributed by atoms with Crippen molar-refractivity contribution in [2.75, 3.05) is 24.6 Å².